The summed E-state index contributed by atoms with van der Waals surface area (Å²) in [6, 6.07) is 0.299. The standard InChI is InChI=1S/C10H18N4/c1-7-10(4-12-13-7)8-3-9(11)6-14(2)5-8/h4,8-9H,3,5-6,11H2,1-2H3,(H,12,13). The molecule has 0 radical (unpaired) electrons. The maximum atomic E-state index is 6.00. The molecule has 1 saturated heterocycles. The van der Waals surface area contributed by atoms with Crippen LogP contribution in [0.25, 0.3) is 0 Å². The first-order valence-electron chi connectivity index (χ1n) is 5.11. The second-order valence-electron chi connectivity index (χ2n) is 4.36. The van der Waals surface area contributed by atoms with E-state index in [2.05, 4.69) is 29.1 Å². The van der Waals surface area contributed by atoms with Crippen molar-refractivity contribution >= 4 is 0 Å². The molecule has 3 N–H and O–H groups in total. The fraction of sp³-hybridized carbons (Fsp3) is 0.700. The number of likely N-dealkylation sites (N-methyl/N-ethyl adjacent to an activating group) is 1. The third-order valence-electron chi connectivity index (χ3n) is 2.97. The van der Waals surface area contributed by atoms with Crippen molar-refractivity contribution in [2.45, 2.75) is 25.3 Å². The summed E-state index contributed by atoms with van der Waals surface area (Å²) in [5.41, 5.74) is 8.50. The molecule has 4 nitrogen and oxygen atoms in total. The SMILES string of the molecule is Cc1[nH]ncc1C1CC(N)CN(C)C1. The molecule has 0 aliphatic carbocycles. The van der Waals surface area contributed by atoms with Crippen LogP contribution < -0.4 is 5.73 Å². The van der Waals surface area contributed by atoms with Crippen molar-refractivity contribution in [3.63, 3.8) is 0 Å². The first kappa shape index (κ1) is 9.68. The van der Waals surface area contributed by atoms with Gasteiger partial charge in [0.05, 0.1) is 6.20 Å². The van der Waals surface area contributed by atoms with Crippen molar-refractivity contribution in [2.75, 3.05) is 20.1 Å². The molecule has 1 aliphatic rings. The second-order valence-corrected chi connectivity index (χ2v) is 4.36. The molecule has 0 spiro atoms. The fourth-order valence-corrected chi connectivity index (χ4v) is 2.36. The van der Waals surface area contributed by atoms with Gasteiger partial charge in [-0.25, -0.2) is 0 Å². The third kappa shape index (κ3) is 1.81. The Morgan fingerprint density at radius 1 is 1.57 bits per heavy atom. The summed E-state index contributed by atoms with van der Waals surface area (Å²) in [5.74, 6) is 0.544. The first-order valence-corrected chi connectivity index (χ1v) is 5.11. The van der Waals surface area contributed by atoms with Crippen LogP contribution in [0.2, 0.25) is 0 Å². The lowest BCUT2D eigenvalue weighted by molar-refractivity contribution is 0.226. The number of hydrogen-bond donors (Lipinski definition) is 2. The average Bonchev–Trinajstić information content (AvgIpc) is 2.49. The highest BCUT2D eigenvalue weighted by atomic mass is 15.1. The Kier molecular flexibility index (Phi) is 2.56. The lowest BCUT2D eigenvalue weighted by Gasteiger charge is -2.33. The highest BCUT2D eigenvalue weighted by Crippen LogP contribution is 2.26. The molecule has 2 unspecified atom stereocenters. The van der Waals surface area contributed by atoms with Crippen LogP contribution in [-0.2, 0) is 0 Å². The fourth-order valence-electron chi connectivity index (χ4n) is 2.36. The summed E-state index contributed by atoms with van der Waals surface area (Å²) in [7, 11) is 2.13. The molecule has 0 amide bonds. The van der Waals surface area contributed by atoms with Gasteiger partial charge >= 0.3 is 0 Å². The topological polar surface area (TPSA) is 57.9 Å². The van der Waals surface area contributed by atoms with Crippen LogP contribution in [0.15, 0.2) is 6.20 Å². The lowest BCUT2D eigenvalue weighted by Crippen LogP contribution is -2.44. The lowest BCUT2D eigenvalue weighted by atomic mass is 9.89. The monoisotopic (exact) mass is 194 g/mol. The van der Waals surface area contributed by atoms with E-state index in [1.165, 1.54) is 11.3 Å². The Labute approximate surface area is 84.5 Å². The zero-order valence-corrected chi connectivity index (χ0v) is 8.83. The Morgan fingerprint density at radius 3 is 2.93 bits per heavy atom. The number of aromatic nitrogens is 2. The number of piperidine rings is 1. The van der Waals surface area contributed by atoms with Crippen LogP contribution in [-0.4, -0.2) is 41.3 Å². The number of aromatic amines is 1. The number of likely N-dealkylation sites (tertiary alicyclic amines) is 1. The number of nitrogens with two attached hydrogens (primary N) is 1. The van der Waals surface area contributed by atoms with E-state index >= 15 is 0 Å². The summed E-state index contributed by atoms with van der Waals surface area (Å²) >= 11 is 0. The Morgan fingerprint density at radius 2 is 2.36 bits per heavy atom. The molecule has 2 atom stereocenters. The van der Waals surface area contributed by atoms with Crippen LogP contribution in [0.3, 0.4) is 0 Å². The normalized spacial score (nSPS) is 29.4. The molecule has 2 heterocycles. The zero-order chi connectivity index (χ0) is 10.1. The van der Waals surface area contributed by atoms with Crippen LogP contribution in [0, 0.1) is 6.92 Å². The molecule has 1 fully saturated rings. The van der Waals surface area contributed by atoms with Crippen LogP contribution in [0.5, 0.6) is 0 Å². The van der Waals surface area contributed by atoms with E-state index in [-0.39, 0.29) is 0 Å². The molecular formula is C10H18N4. The van der Waals surface area contributed by atoms with E-state index in [0.717, 1.165) is 19.5 Å². The maximum absolute atomic E-state index is 6.00. The van der Waals surface area contributed by atoms with Gasteiger partial charge in [-0.15, -0.1) is 0 Å². The molecule has 78 valence electrons. The van der Waals surface area contributed by atoms with E-state index < -0.39 is 0 Å². The predicted molar refractivity (Wildman–Crippen MR) is 56.2 cm³/mol. The van der Waals surface area contributed by atoms with Crippen LogP contribution in [0.4, 0.5) is 0 Å². The van der Waals surface area contributed by atoms with Gasteiger partial charge in [0.25, 0.3) is 0 Å². The number of aryl methyl sites for hydroxylation is 1. The van der Waals surface area contributed by atoms with Gasteiger partial charge in [0.1, 0.15) is 0 Å². The minimum absolute atomic E-state index is 0.299. The van der Waals surface area contributed by atoms with E-state index in [9.17, 15) is 0 Å². The summed E-state index contributed by atoms with van der Waals surface area (Å²) < 4.78 is 0. The molecule has 0 aromatic carbocycles. The third-order valence-corrected chi connectivity index (χ3v) is 2.97. The second kappa shape index (κ2) is 3.71. The van der Waals surface area contributed by atoms with Crippen molar-refractivity contribution in [1.82, 2.24) is 15.1 Å². The molecule has 0 saturated carbocycles. The van der Waals surface area contributed by atoms with Gasteiger partial charge in [-0.05, 0) is 26.0 Å². The number of H-pyrrole nitrogens is 1. The molecule has 1 aromatic rings. The summed E-state index contributed by atoms with van der Waals surface area (Å²) in [4.78, 5) is 2.30. The van der Waals surface area contributed by atoms with E-state index in [0.29, 0.717) is 12.0 Å². The first-order chi connectivity index (χ1) is 6.66. The van der Waals surface area contributed by atoms with Crippen molar-refractivity contribution in [3.8, 4) is 0 Å². The molecule has 1 aliphatic heterocycles. The zero-order valence-electron chi connectivity index (χ0n) is 8.83. The summed E-state index contributed by atoms with van der Waals surface area (Å²) in [5, 5.41) is 7.05. The number of rotatable bonds is 1. The summed E-state index contributed by atoms with van der Waals surface area (Å²) in [6.07, 6.45) is 3.01. The average molecular weight is 194 g/mol. The minimum atomic E-state index is 0.299. The molecule has 1 aromatic heterocycles. The van der Waals surface area contributed by atoms with Gasteiger partial charge in [0.2, 0.25) is 0 Å². The minimum Gasteiger partial charge on any atom is -0.327 e. The van der Waals surface area contributed by atoms with Crippen molar-refractivity contribution in [3.05, 3.63) is 17.5 Å². The van der Waals surface area contributed by atoms with E-state index in [1.54, 1.807) is 0 Å². The van der Waals surface area contributed by atoms with Crippen LogP contribution >= 0.6 is 0 Å². The molecular weight excluding hydrogens is 176 g/mol. The van der Waals surface area contributed by atoms with Gasteiger partial charge in [-0.1, -0.05) is 0 Å². The van der Waals surface area contributed by atoms with E-state index in [1.807, 2.05) is 6.20 Å². The van der Waals surface area contributed by atoms with Gasteiger partial charge in [0.15, 0.2) is 0 Å². The Balaban J connectivity index is 2.15. The highest BCUT2D eigenvalue weighted by Gasteiger charge is 2.25. The smallest absolute Gasteiger partial charge is 0.0525 e. The van der Waals surface area contributed by atoms with Gasteiger partial charge < -0.3 is 10.6 Å². The van der Waals surface area contributed by atoms with Gasteiger partial charge in [-0.3, -0.25) is 5.10 Å². The summed E-state index contributed by atoms with van der Waals surface area (Å²) in [6.45, 7) is 4.17. The largest absolute Gasteiger partial charge is 0.327 e. The molecule has 4 heteroatoms. The van der Waals surface area contributed by atoms with Gasteiger partial charge in [-0.2, -0.15) is 5.10 Å². The van der Waals surface area contributed by atoms with Gasteiger partial charge in [0, 0.05) is 30.7 Å². The van der Waals surface area contributed by atoms with Crippen molar-refractivity contribution < 1.29 is 0 Å². The highest BCUT2D eigenvalue weighted by molar-refractivity contribution is 5.21. The predicted octanol–water partition coefficient (Wildman–Crippen LogP) is 0.465. The Hall–Kier alpha value is -0.870. The molecule has 0 bridgehead atoms. The van der Waals surface area contributed by atoms with Crippen molar-refractivity contribution in [1.29, 1.82) is 0 Å². The van der Waals surface area contributed by atoms with E-state index in [4.69, 9.17) is 5.73 Å². The number of nitrogens with zero attached hydrogens (tertiary/aromatic N) is 2. The quantitative estimate of drug-likeness (QED) is 0.683. The Bertz CT molecular complexity index is 297. The van der Waals surface area contributed by atoms with Crippen molar-refractivity contribution in [2.24, 2.45) is 5.73 Å². The molecule has 14 heavy (non-hydrogen) atoms. The van der Waals surface area contributed by atoms with Crippen LogP contribution in [0.1, 0.15) is 23.6 Å². The number of nitrogens with one attached hydrogen (secondary N) is 1. The maximum Gasteiger partial charge on any atom is 0.0525 e. The number of hydrogen-bond acceptors (Lipinski definition) is 3. The molecule has 2 rings (SSSR count).